The summed E-state index contributed by atoms with van der Waals surface area (Å²) < 4.78 is 0. The van der Waals surface area contributed by atoms with E-state index >= 15 is 0 Å². The molecule has 4 amide bonds. The Bertz CT molecular complexity index is 1140. The van der Waals surface area contributed by atoms with Crippen LogP contribution < -0.4 is 10.6 Å². The van der Waals surface area contributed by atoms with Gasteiger partial charge in [-0.1, -0.05) is 60.7 Å². The maximum atomic E-state index is 13.8. The summed E-state index contributed by atoms with van der Waals surface area (Å²) in [6.07, 6.45) is 3.47. The highest BCUT2D eigenvalue weighted by Crippen LogP contribution is 2.26. The van der Waals surface area contributed by atoms with Crippen molar-refractivity contribution in [2.75, 3.05) is 13.1 Å². The third kappa shape index (κ3) is 5.68. The van der Waals surface area contributed by atoms with Crippen molar-refractivity contribution < 1.29 is 19.2 Å². The van der Waals surface area contributed by atoms with E-state index in [4.69, 9.17) is 0 Å². The van der Waals surface area contributed by atoms with Gasteiger partial charge in [0.05, 0.1) is 0 Å². The summed E-state index contributed by atoms with van der Waals surface area (Å²) in [5.74, 6) is -0.912. The molecule has 3 aliphatic heterocycles. The van der Waals surface area contributed by atoms with Crippen LogP contribution >= 0.6 is 0 Å². The molecule has 8 nitrogen and oxygen atoms in total. The summed E-state index contributed by atoms with van der Waals surface area (Å²) >= 11 is 0. The van der Waals surface area contributed by atoms with Crippen molar-refractivity contribution in [2.45, 2.75) is 69.1 Å². The van der Waals surface area contributed by atoms with Crippen LogP contribution in [0.2, 0.25) is 0 Å². The summed E-state index contributed by atoms with van der Waals surface area (Å²) in [7, 11) is 0. The molecule has 5 rings (SSSR count). The molecule has 0 bridgehead atoms. The lowest BCUT2D eigenvalue weighted by Gasteiger charge is -2.32. The number of fused-ring (bicyclic) bond motifs is 2. The lowest BCUT2D eigenvalue weighted by molar-refractivity contribution is -0.147. The molecule has 194 valence electrons. The van der Waals surface area contributed by atoms with E-state index in [-0.39, 0.29) is 30.0 Å². The minimum absolute atomic E-state index is 0.0449. The Labute approximate surface area is 217 Å². The minimum atomic E-state index is -0.786. The Hall–Kier alpha value is -3.68. The Kier molecular flexibility index (Phi) is 7.53. The molecule has 2 N–H and O–H groups in total. The Balaban J connectivity index is 1.46. The number of benzene rings is 2. The predicted octanol–water partition coefficient (Wildman–Crippen LogP) is 1.83. The Morgan fingerprint density at radius 3 is 1.89 bits per heavy atom. The predicted molar refractivity (Wildman–Crippen MR) is 138 cm³/mol. The fourth-order valence-electron chi connectivity index (χ4n) is 5.88. The molecule has 0 spiro atoms. The number of amides is 4. The van der Waals surface area contributed by atoms with Gasteiger partial charge < -0.3 is 20.4 Å². The zero-order valence-corrected chi connectivity index (χ0v) is 21.0. The summed E-state index contributed by atoms with van der Waals surface area (Å²) in [6, 6.07) is 16.9. The minimum Gasteiger partial charge on any atom is -0.351 e. The van der Waals surface area contributed by atoms with Crippen molar-refractivity contribution in [2.24, 2.45) is 0 Å². The third-order valence-electron chi connectivity index (χ3n) is 7.68. The summed E-state index contributed by atoms with van der Waals surface area (Å²) in [5.41, 5.74) is 1.93. The van der Waals surface area contributed by atoms with Gasteiger partial charge in [0, 0.05) is 32.0 Å². The first-order valence-corrected chi connectivity index (χ1v) is 13.3. The van der Waals surface area contributed by atoms with Crippen LogP contribution in [0.1, 0.15) is 43.2 Å². The van der Waals surface area contributed by atoms with E-state index in [1.807, 2.05) is 60.7 Å². The monoisotopic (exact) mass is 502 g/mol. The average Bonchev–Trinajstić information content (AvgIpc) is 3.59. The average molecular weight is 503 g/mol. The van der Waals surface area contributed by atoms with Gasteiger partial charge >= 0.3 is 0 Å². The number of nitrogens with one attached hydrogen (secondary N) is 2. The number of nitrogens with zero attached hydrogens (tertiary/aromatic N) is 2. The number of carbonyl (C=O) groups is 4. The van der Waals surface area contributed by atoms with Crippen LogP contribution in [-0.4, -0.2) is 70.7 Å². The highest BCUT2D eigenvalue weighted by Gasteiger charge is 2.44. The Morgan fingerprint density at radius 1 is 0.676 bits per heavy atom. The van der Waals surface area contributed by atoms with Gasteiger partial charge in [0.25, 0.3) is 0 Å². The highest BCUT2D eigenvalue weighted by molar-refractivity contribution is 5.95. The second kappa shape index (κ2) is 11.2. The quantitative estimate of drug-likeness (QED) is 0.667. The first-order valence-electron chi connectivity index (χ1n) is 13.3. The van der Waals surface area contributed by atoms with Crippen LogP contribution in [-0.2, 0) is 32.0 Å². The van der Waals surface area contributed by atoms with Gasteiger partial charge in [0.15, 0.2) is 0 Å². The Morgan fingerprint density at radius 2 is 1.24 bits per heavy atom. The van der Waals surface area contributed by atoms with Crippen molar-refractivity contribution in [1.82, 2.24) is 20.4 Å². The van der Waals surface area contributed by atoms with Crippen molar-refractivity contribution in [3.05, 3.63) is 71.8 Å². The second-order valence-electron chi connectivity index (χ2n) is 10.3. The molecule has 0 saturated carbocycles. The molecule has 2 aromatic rings. The fourth-order valence-corrected chi connectivity index (χ4v) is 5.88. The largest absolute Gasteiger partial charge is 0.351 e. The van der Waals surface area contributed by atoms with Crippen LogP contribution in [0.25, 0.3) is 0 Å². The van der Waals surface area contributed by atoms with Crippen LogP contribution in [0.3, 0.4) is 0 Å². The number of carbonyl (C=O) groups excluding carboxylic acids is 4. The summed E-state index contributed by atoms with van der Waals surface area (Å²) in [4.78, 5) is 57.5. The van der Waals surface area contributed by atoms with Gasteiger partial charge in [-0.15, -0.1) is 0 Å². The maximum Gasteiger partial charge on any atom is 0.246 e. The first kappa shape index (κ1) is 25.0. The molecule has 3 fully saturated rings. The highest BCUT2D eigenvalue weighted by atomic mass is 16.2. The molecule has 4 atom stereocenters. The van der Waals surface area contributed by atoms with Gasteiger partial charge in [-0.2, -0.15) is 0 Å². The summed E-state index contributed by atoms with van der Waals surface area (Å²) in [6.45, 7) is 0.973. The SMILES string of the molecule is O=C1C[C@H](Cc2ccccc2)NC(=O)[C@@H]2CCCN2C(=O)[C@@H]2CCCN2C(=O)[C@H](Cc2ccccc2)N1. The zero-order valence-electron chi connectivity index (χ0n) is 21.0. The molecule has 3 aliphatic rings. The third-order valence-corrected chi connectivity index (χ3v) is 7.68. The van der Waals surface area contributed by atoms with Crippen LogP contribution in [0.5, 0.6) is 0 Å². The van der Waals surface area contributed by atoms with E-state index in [9.17, 15) is 19.2 Å². The van der Waals surface area contributed by atoms with Crippen LogP contribution in [0.15, 0.2) is 60.7 Å². The van der Waals surface area contributed by atoms with Crippen molar-refractivity contribution in [1.29, 1.82) is 0 Å². The van der Waals surface area contributed by atoms with Crippen molar-refractivity contribution in [3.63, 3.8) is 0 Å². The van der Waals surface area contributed by atoms with Gasteiger partial charge in [0.1, 0.15) is 18.1 Å². The molecule has 0 radical (unpaired) electrons. The molecule has 3 saturated heterocycles. The van der Waals surface area contributed by atoms with E-state index in [1.165, 1.54) is 0 Å². The van der Waals surface area contributed by atoms with E-state index in [2.05, 4.69) is 10.6 Å². The summed E-state index contributed by atoms with van der Waals surface area (Å²) in [5, 5.41) is 6.02. The normalized spacial score (nSPS) is 26.9. The van der Waals surface area contributed by atoms with Gasteiger partial charge in [-0.05, 0) is 43.2 Å². The smallest absolute Gasteiger partial charge is 0.246 e. The first-order chi connectivity index (χ1) is 18.0. The van der Waals surface area contributed by atoms with Gasteiger partial charge in [-0.3, -0.25) is 19.2 Å². The number of hydrogen-bond donors (Lipinski definition) is 2. The zero-order chi connectivity index (χ0) is 25.8. The number of hydrogen-bond acceptors (Lipinski definition) is 4. The molecule has 2 aromatic carbocycles. The van der Waals surface area contributed by atoms with Crippen LogP contribution in [0, 0.1) is 0 Å². The molecular weight excluding hydrogens is 468 g/mol. The molecule has 37 heavy (non-hydrogen) atoms. The molecule has 0 aliphatic carbocycles. The fraction of sp³-hybridized carbons (Fsp3) is 0.448. The molecule has 8 heteroatoms. The molecule has 0 aromatic heterocycles. The number of rotatable bonds is 4. The molecule has 3 heterocycles. The van der Waals surface area contributed by atoms with Gasteiger partial charge in [-0.25, -0.2) is 0 Å². The van der Waals surface area contributed by atoms with Crippen molar-refractivity contribution in [3.8, 4) is 0 Å². The van der Waals surface area contributed by atoms with Gasteiger partial charge in [0.2, 0.25) is 23.6 Å². The van der Waals surface area contributed by atoms with E-state index in [0.29, 0.717) is 38.8 Å². The van der Waals surface area contributed by atoms with E-state index < -0.39 is 24.2 Å². The van der Waals surface area contributed by atoms with Crippen molar-refractivity contribution >= 4 is 23.6 Å². The molecule has 0 unspecified atom stereocenters. The van der Waals surface area contributed by atoms with Crippen LogP contribution in [0.4, 0.5) is 0 Å². The second-order valence-corrected chi connectivity index (χ2v) is 10.3. The lowest BCUT2D eigenvalue weighted by atomic mass is 10.0. The topological polar surface area (TPSA) is 98.8 Å². The molecular formula is C29H34N4O4. The van der Waals surface area contributed by atoms with E-state index in [0.717, 1.165) is 24.0 Å². The maximum absolute atomic E-state index is 13.8. The van der Waals surface area contributed by atoms with E-state index in [1.54, 1.807) is 9.80 Å². The standard InChI is InChI=1S/C29H34N4O4/c34-26-19-22(17-20-9-3-1-4-10-20)30-27(35)24-13-7-15-32(24)29(37)25-14-8-16-33(25)28(36)23(31-26)18-21-11-5-2-6-12-21/h1-6,9-12,22-25H,7-8,13-19H2,(H,30,35)(H,31,34)/t22-,23-,24-,25-/m0/s1. The lowest BCUT2D eigenvalue weighted by Crippen LogP contribution is -2.56.